The molecule has 3 rings (SSSR count). The highest BCUT2D eigenvalue weighted by Crippen LogP contribution is 2.28. The summed E-state index contributed by atoms with van der Waals surface area (Å²) in [4.78, 5) is 82.6. The second-order valence-corrected chi connectivity index (χ2v) is 13.4. The number of rotatable bonds is 22. The number of carboxylic acid groups (broad SMARTS) is 1. The molecule has 7 N–H and O–H groups in total. The molecule has 0 aromatic heterocycles. The van der Waals surface area contributed by atoms with E-state index in [1.807, 2.05) is 30.3 Å². The molecule has 0 radical (unpaired) electrons. The Bertz CT molecular complexity index is 1450. The first-order valence-electron chi connectivity index (χ1n) is 17.4. The largest absolute Gasteiger partial charge is 0.480 e. The smallest absolute Gasteiger partial charge is 0.326 e. The van der Waals surface area contributed by atoms with E-state index >= 15 is 0 Å². The first kappa shape index (κ1) is 41.0. The summed E-state index contributed by atoms with van der Waals surface area (Å²) in [5.74, 6) is -3.67. The van der Waals surface area contributed by atoms with E-state index in [2.05, 4.69) is 10.6 Å². The number of nitrogens with two attached hydrogens (primary N) is 2. The molecular formula is C36H51N7O7S. The zero-order valence-corrected chi connectivity index (χ0v) is 30.2. The molecule has 2 aromatic rings. The van der Waals surface area contributed by atoms with E-state index in [9.17, 15) is 33.9 Å². The number of amides is 5. The number of aliphatic carboxylic acids is 1. The van der Waals surface area contributed by atoms with Gasteiger partial charge in [0.15, 0.2) is 0 Å². The molecule has 51 heavy (non-hydrogen) atoms. The number of nitrogens with zero attached hydrogens (tertiary/aromatic N) is 3. The molecule has 0 aliphatic carbocycles. The van der Waals surface area contributed by atoms with Gasteiger partial charge in [-0.3, -0.25) is 38.1 Å². The minimum Gasteiger partial charge on any atom is -0.480 e. The number of likely N-dealkylation sites (tertiary alicyclic amines) is 1. The van der Waals surface area contributed by atoms with Gasteiger partial charge in [-0.2, -0.15) is 0 Å². The first-order chi connectivity index (χ1) is 24.5. The van der Waals surface area contributed by atoms with Gasteiger partial charge in [0, 0.05) is 36.5 Å². The van der Waals surface area contributed by atoms with Gasteiger partial charge in [0.05, 0.1) is 0 Å². The van der Waals surface area contributed by atoms with Gasteiger partial charge in [-0.05, 0) is 102 Å². The number of hydrogen-bond acceptors (Lipinski definition) is 10. The number of carbonyl (C=O) groups is 6. The number of anilines is 2. The monoisotopic (exact) mass is 725 g/mol. The number of imide groups is 1. The second-order valence-electron chi connectivity index (χ2n) is 12.3. The SMILES string of the molecule is CC(C(=O)N(SCCNc1ccccc1)C(CCCCN)C(=O)N(c1ccccc1)C(C)C(=O)NC(CCCCN)C(=O)O)N1C(=O)CCC1=O. The Morgan fingerprint density at radius 3 is 1.98 bits per heavy atom. The molecule has 1 aliphatic rings. The number of hydrogen-bond donors (Lipinski definition) is 5. The number of unbranched alkanes of at least 4 members (excludes halogenated alkanes) is 2. The van der Waals surface area contributed by atoms with Crippen LogP contribution >= 0.6 is 11.9 Å². The van der Waals surface area contributed by atoms with Crippen LogP contribution in [-0.2, 0) is 28.8 Å². The molecule has 15 heteroatoms. The molecule has 4 atom stereocenters. The lowest BCUT2D eigenvalue weighted by Crippen LogP contribution is -2.58. The second kappa shape index (κ2) is 21.0. The van der Waals surface area contributed by atoms with Crippen molar-refractivity contribution in [3.8, 4) is 0 Å². The molecule has 1 saturated heterocycles. The van der Waals surface area contributed by atoms with Crippen molar-refractivity contribution in [2.45, 2.75) is 89.4 Å². The lowest BCUT2D eigenvalue weighted by atomic mass is 10.0. The molecular weight excluding hydrogens is 675 g/mol. The average molecular weight is 726 g/mol. The summed E-state index contributed by atoms with van der Waals surface area (Å²) >= 11 is 1.10. The molecule has 2 aromatic carbocycles. The van der Waals surface area contributed by atoms with Crippen LogP contribution in [0.5, 0.6) is 0 Å². The normalized spacial score (nSPS) is 15.1. The number of carboxylic acids is 1. The minimum absolute atomic E-state index is 0.00141. The van der Waals surface area contributed by atoms with Gasteiger partial charge in [-0.1, -0.05) is 36.4 Å². The van der Waals surface area contributed by atoms with Crippen LogP contribution in [0.2, 0.25) is 0 Å². The Kier molecular flexibility index (Phi) is 16.9. The Balaban J connectivity index is 2.01. The van der Waals surface area contributed by atoms with Crippen molar-refractivity contribution in [1.29, 1.82) is 0 Å². The highest BCUT2D eigenvalue weighted by molar-refractivity contribution is 7.97. The third-order valence-electron chi connectivity index (χ3n) is 8.59. The zero-order valence-electron chi connectivity index (χ0n) is 29.4. The zero-order chi connectivity index (χ0) is 37.3. The average Bonchev–Trinajstić information content (AvgIpc) is 3.47. The van der Waals surface area contributed by atoms with E-state index in [0.29, 0.717) is 56.8 Å². The van der Waals surface area contributed by atoms with Crippen molar-refractivity contribution in [1.82, 2.24) is 14.5 Å². The number of benzene rings is 2. The van der Waals surface area contributed by atoms with Crippen LogP contribution in [0.4, 0.5) is 11.4 Å². The number of nitrogens with one attached hydrogen (secondary N) is 2. The third kappa shape index (κ3) is 11.8. The molecule has 0 saturated carbocycles. The van der Waals surface area contributed by atoms with Gasteiger partial charge in [0.25, 0.3) is 11.8 Å². The van der Waals surface area contributed by atoms with Crippen LogP contribution in [0.25, 0.3) is 0 Å². The van der Waals surface area contributed by atoms with Crippen molar-refractivity contribution < 1.29 is 33.9 Å². The predicted molar refractivity (Wildman–Crippen MR) is 197 cm³/mol. The van der Waals surface area contributed by atoms with Crippen LogP contribution in [0.15, 0.2) is 60.7 Å². The Hall–Kier alpha value is -4.47. The fourth-order valence-electron chi connectivity index (χ4n) is 5.80. The molecule has 1 heterocycles. The summed E-state index contributed by atoms with van der Waals surface area (Å²) in [6.45, 7) is 4.12. The summed E-state index contributed by atoms with van der Waals surface area (Å²) in [5, 5.41) is 15.7. The lowest BCUT2D eigenvalue weighted by molar-refractivity contribution is -0.149. The van der Waals surface area contributed by atoms with Gasteiger partial charge in [0.2, 0.25) is 17.7 Å². The van der Waals surface area contributed by atoms with Crippen LogP contribution in [-0.4, -0.2) is 99.4 Å². The molecule has 1 aliphatic heterocycles. The van der Waals surface area contributed by atoms with Crippen LogP contribution < -0.4 is 27.0 Å². The molecule has 0 spiro atoms. The van der Waals surface area contributed by atoms with Crippen molar-refractivity contribution in [3.05, 3.63) is 60.7 Å². The Morgan fingerprint density at radius 2 is 1.41 bits per heavy atom. The van der Waals surface area contributed by atoms with Crippen molar-refractivity contribution in [2.75, 3.05) is 35.6 Å². The van der Waals surface area contributed by atoms with Gasteiger partial charge >= 0.3 is 5.97 Å². The molecule has 5 amide bonds. The van der Waals surface area contributed by atoms with Gasteiger partial charge in [-0.25, -0.2) is 4.79 Å². The van der Waals surface area contributed by atoms with Crippen LogP contribution in [0, 0.1) is 0 Å². The predicted octanol–water partition coefficient (Wildman–Crippen LogP) is 2.73. The molecule has 4 unspecified atom stereocenters. The van der Waals surface area contributed by atoms with E-state index in [4.69, 9.17) is 11.5 Å². The summed E-state index contributed by atoms with van der Waals surface area (Å²) in [5.41, 5.74) is 12.6. The minimum atomic E-state index is -1.21. The van der Waals surface area contributed by atoms with E-state index in [-0.39, 0.29) is 25.7 Å². The summed E-state index contributed by atoms with van der Waals surface area (Å²) in [6, 6.07) is 13.2. The molecule has 278 valence electrons. The third-order valence-corrected chi connectivity index (χ3v) is 9.69. The van der Waals surface area contributed by atoms with Crippen LogP contribution in [0.1, 0.15) is 65.2 Å². The maximum Gasteiger partial charge on any atom is 0.326 e. The van der Waals surface area contributed by atoms with Crippen molar-refractivity contribution in [2.24, 2.45) is 11.5 Å². The highest BCUT2D eigenvalue weighted by atomic mass is 32.2. The number of para-hydroxylation sites is 2. The number of carbonyl (C=O) groups excluding carboxylic acids is 5. The fourth-order valence-corrected chi connectivity index (χ4v) is 6.84. The molecule has 0 bridgehead atoms. The lowest BCUT2D eigenvalue weighted by Gasteiger charge is -2.38. The van der Waals surface area contributed by atoms with E-state index in [1.165, 1.54) is 23.1 Å². The Morgan fingerprint density at radius 1 is 0.843 bits per heavy atom. The maximum absolute atomic E-state index is 14.9. The Labute approximate surface area is 303 Å². The summed E-state index contributed by atoms with van der Waals surface area (Å²) in [7, 11) is 0. The fraction of sp³-hybridized carbons (Fsp3) is 0.500. The topological polar surface area (TPSA) is 208 Å². The summed E-state index contributed by atoms with van der Waals surface area (Å²) < 4.78 is 1.34. The van der Waals surface area contributed by atoms with E-state index in [0.717, 1.165) is 22.5 Å². The van der Waals surface area contributed by atoms with Crippen molar-refractivity contribution >= 4 is 58.8 Å². The van der Waals surface area contributed by atoms with Gasteiger partial charge in [0.1, 0.15) is 24.2 Å². The first-order valence-corrected chi connectivity index (χ1v) is 18.4. The molecule has 1 fully saturated rings. The van der Waals surface area contributed by atoms with Crippen molar-refractivity contribution in [3.63, 3.8) is 0 Å². The maximum atomic E-state index is 14.9. The van der Waals surface area contributed by atoms with E-state index in [1.54, 1.807) is 30.3 Å². The van der Waals surface area contributed by atoms with Crippen LogP contribution in [0.3, 0.4) is 0 Å². The van der Waals surface area contributed by atoms with Gasteiger partial charge < -0.3 is 27.2 Å². The molecule has 14 nitrogen and oxygen atoms in total. The highest BCUT2D eigenvalue weighted by Gasteiger charge is 2.43. The van der Waals surface area contributed by atoms with E-state index < -0.39 is 59.7 Å². The van der Waals surface area contributed by atoms with Gasteiger partial charge in [-0.15, -0.1) is 0 Å². The standard InChI is InChI=1S/C36H51N7O7S/c1-25(33(46)40-29(36(49)50)17-9-11-21-37)41(28-15-7-4-8-16-28)35(48)30(18-10-12-22-38)43(51-24-23-39-27-13-5-3-6-14-27)34(47)26(2)42-31(44)19-20-32(42)45/h3-8,13-16,25-26,29-30,39H,9-12,17-24,37-38H2,1-2H3,(H,40,46)(H,49,50). The quantitative estimate of drug-likeness (QED) is 0.0677. The summed E-state index contributed by atoms with van der Waals surface area (Å²) in [6.07, 6.45) is 2.42.